The third kappa shape index (κ3) is 2.00. The summed E-state index contributed by atoms with van der Waals surface area (Å²) in [4.78, 5) is 0. The van der Waals surface area contributed by atoms with Crippen LogP contribution in [0, 0.1) is 0 Å². The number of hydrogen-bond donors (Lipinski definition) is 1. The third-order valence-corrected chi connectivity index (χ3v) is 2.92. The van der Waals surface area contributed by atoms with E-state index in [2.05, 4.69) is 13.0 Å². The van der Waals surface area contributed by atoms with E-state index in [-0.39, 0.29) is 5.60 Å². The maximum absolute atomic E-state index is 9.98. The lowest BCUT2D eigenvalue weighted by Gasteiger charge is -2.35. The lowest BCUT2D eigenvalue weighted by atomic mass is 9.91. The van der Waals surface area contributed by atoms with Gasteiger partial charge in [-0.2, -0.15) is 0 Å². The number of ether oxygens (including phenoxy) is 1. The molecule has 0 bridgehead atoms. The molecule has 0 saturated carbocycles. The van der Waals surface area contributed by atoms with Crippen LogP contribution >= 0.6 is 0 Å². The summed E-state index contributed by atoms with van der Waals surface area (Å²) in [6, 6.07) is 6.08. The minimum absolute atomic E-state index is 0.265. The summed E-state index contributed by atoms with van der Waals surface area (Å²) in [6.07, 6.45) is 1.26. The van der Waals surface area contributed by atoms with Gasteiger partial charge < -0.3 is 9.84 Å². The zero-order valence-electron chi connectivity index (χ0n) is 9.58. The fraction of sp³-hybridized carbons (Fsp3) is 0.538. The van der Waals surface area contributed by atoms with Crippen molar-refractivity contribution in [1.82, 2.24) is 0 Å². The Bertz CT molecular complexity index is 369. The van der Waals surface area contributed by atoms with Gasteiger partial charge in [-0.15, -0.1) is 0 Å². The molecule has 0 fully saturated rings. The largest absolute Gasteiger partial charge is 0.487 e. The van der Waals surface area contributed by atoms with Crippen LogP contribution in [0.15, 0.2) is 18.2 Å². The molecular weight excluding hydrogens is 188 g/mol. The molecule has 0 unspecified atom stereocenters. The number of aliphatic hydroxyl groups is 1. The normalized spacial score (nSPS) is 23.1. The van der Waals surface area contributed by atoms with Crippen molar-refractivity contribution in [2.45, 2.75) is 45.3 Å². The molecule has 1 aliphatic heterocycles. The zero-order valence-corrected chi connectivity index (χ0v) is 9.58. The van der Waals surface area contributed by atoms with E-state index in [0.29, 0.717) is 6.42 Å². The summed E-state index contributed by atoms with van der Waals surface area (Å²) >= 11 is 0. The SMILES string of the molecule is CCc1ccc2c(c1)OC(C)(C)C[C@@H]2O. The second kappa shape index (κ2) is 3.53. The Morgan fingerprint density at radius 3 is 2.87 bits per heavy atom. The second-order valence-electron chi connectivity index (χ2n) is 4.81. The molecule has 0 spiro atoms. The van der Waals surface area contributed by atoms with Crippen LogP contribution in [0.5, 0.6) is 5.75 Å². The van der Waals surface area contributed by atoms with E-state index in [9.17, 15) is 5.11 Å². The standard InChI is InChI=1S/C13H18O2/c1-4-9-5-6-10-11(14)8-13(2,3)15-12(10)7-9/h5-7,11,14H,4,8H2,1-3H3/t11-/m0/s1. The second-order valence-corrected chi connectivity index (χ2v) is 4.81. The Labute approximate surface area is 90.9 Å². The van der Waals surface area contributed by atoms with Crippen LogP contribution in [0.1, 0.15) is 44.4 Å². The average Bonchev–Trinajstić information content (AvgIpc) is 2.14. The minimum Gasteiger partial charge on any atom is -0.487 e. The predicted octanol–water partition coefficient (Wildman–Crippen LogP) is 2.84. The molecule has 0 saturated heterocycles. The molecular formula is C13H18O2. The number of hydrogen-bond acceptors (Lipinski definition) is 2. The summed E-state index contributed by atoms with van der Waals surface area (Å²) < 4.78 is 5.87. The highest BCUT2D eigenvalue weighted by molar-refractivity contribution is 5.41. The first-order valence-electron chi connectivity index (χ1n) is 5.52. The summed E-state index contributed by atoms with van der Waals surface area (Å²) in [5.41, 5.74) is 1.91. The number of aryl methyl sites for hydroxylation is 1. The van der Waals surface area contributed by atoms with E-state index in [1.165, 1.54) is 5.56 Å². The molecule has 1 aromatic rings. The Morgan fingerprint density at radius 1 is 1.47 bits per heavy atom. The first kappa shape index (κ1) is 10.5. The molecule has 82 valence electrons. The maximum atomic E-state index is 9.98. The number of rotatable bonds is 1. The zero-order chi connectivity index (χ0) is 11.1. The average molecular weight is 206 g/mol. The molecule has 1 heterocycles. The monoisotopic (exact) mass is 206 g/mol. The molecule has 0 radical (unpaired) electrons. The molecule has 0 aliphatic carbocycles. The van der Waals surface area contributed by atoms with Crippen LogP contribution in [0.3, 0.4) is 0 Å². The number of aliphatic hydroxyl groups excluding tert-OH is 1. The number of benzene rings is 1. The van der Waals surface area contributed by atoms with Crippen molar-refractivity contribution in [1.29, 1.82) is 0 Å². The quantitative estimate of drug-likeness (QED) is 0.765. The van der Waals surface area contributed by atoms with Crippen molar-refractivity contribution in [2.75, 3.05) is 0 Å². The predicted molar refractivity (Wildman–Crippen MR) is 60.1 cm³/mol. The van der Waals surface area contributed by atoms with Gasteiger partial charge in [0.05, 0.1) is 6.10 Å². The molecule has 0 amide bonds. The van der Waals surface area contributed by atoms with Crippen molar-refractivity contribution < 1.29 is 9.84 Å². The van der Waals surface area contributed by atoms with Crippen molar-refractivity contribution in [3.63, 3.8) is 0 Å². The van der Waals surface area contributed by atoms with E-state index in [1.54, 1.807) is 0 Å². The third-order valence-electron chi connectivity index (χ3n) is 2.92. The first-order valence-corrected chi connectivity index (χ1v) is 5.52. The number of fused-ring (bicyclic) bond motifs is 1. The van der Waals surface area contributed by atoms with Gasteiger partial charge in [-0.1, -0.05) is 19.1 Å². The van der Waals surface area contributed by atoms with E-state index in [0.717, 1.165) is 17.7 Å². The van der Waals surface area contributed by atoms with E-state index in [1.807, 2.05) is 26.0 Å². The Balaban J connectivity index is 2.42. The Hall–Kier alpha value is -1.02. The summed E-state index contributed by atoms with van der Waals surface area (Å²) in [7, 11) is 0. The van der Waals surface area contributed by atoms with Crippen molar-refractivity contribution in [3.05, 3.63) is 29.3 Å². The van der Waals surface area contributed by atoms with Gasteiger partial charge in [-0.25, -0.2) is 0 Å². The van der Waals surface area contributed by atoms with Crippen LogP contribution in [0.25, 0.3) is 0 Å². The fourth-order valence-electron chi connectivity index (χ4n) is 2.08. The molecule has 1 aromatic carbocycles. The van der Waals surface area contributed by atoms with Crippen molar-refractivity contribution >= 4 is 0 Å². The maximum Gasteiger partial charge on any atom is 0.126 e. The first-order chi connectivity index (χ1) is 7.02. The Kier molecular flexibility index (Phi) is 2.47. The van der Waals surface area contributed by atoms with Crippen LogP contribution in [-0.4, -0.2) is 10.7 Å². The smallest absolute Gasteiger partial charge is 0.126 e. The van der Waals surface area contributed by atoms with Crippen LogP contribution in [0.4, 0.5) is 0 Å². The van der Waals surface area contributed by atoms with Gasteiger partial charge in [0.2, 0.25) is 0 Å². The topological polar surface area (TPSA) is 29.5 Å². The molecule has 2 nitrogen and oxygen atoms in total. The molecule has 0 aromatic heterocycles. The molecule has 1 atom stereocenters. The summed E-state index contributed by atoms with van der Waals surface area (Å²) in [5.74, 6) is 0.845. The van der Waals surface area contributed by atoms with Gasteiger partial charge in [-0.3, -0.25) is 0 Å². The van der Waals surface area contributed by atoms with Gasteiger partial charge in [-0.05, 0) is 31.9 Å². The Morgan fingerprint density at radius 2 is 2.20 bits per heavy atom. The van der Waals surface area contributed by atoms with Gasteiger partial charge in [0.15, 0.2) is 0 Å². The van der Waals surface area contributed by atoms with Gasteiger partial charge in [0, 0.05) is 12.0 Å². The van der Waals surface area contributed by atoms with Crippen LogP contribution < -0.4 is 4.74 Å². The summed E-state index contributed by atoms with van der Waals surface area (Å²) in [6.45, 7) is 6.14. The van der Waals surface area contributed by atoms with E-state index in [4.69, 9.17) is 4.74 Å². The van der Waals surface area contributed by atoms with Crippen LogP contribution in [0.2, 0.25) is 0 Å². The minimum atomic E-state index is -0.394. The summed E-state index contributed by atoms with van der Waals surface area (Å²) in [5, 5.41) is 9.98. The van der Waals surface area contributed by atoms with Gasteiger partial charge in [0.1, 0.15) is 11.4 Å². The van der Waals surface area contributed by atoms with E-state index >= 15 is 0 Å². The lowest BCUT2D eigenvalue weighted by molar-refractivity contribution is 0.0115. The van der Waals surface area contributed by atoms with Gasteiger partial charge in [0.25, 0.3) is 0 Å². The highest BCUT2D eigenvalue weighted by Crippen LogP contribution is 2.39. The van der Waals surface area contributed by atoms with Gasteiger partial charge >= 0.3 is 0 Å². The van der Waals surface area contributed by atoms with Crippen LogP contribution in [-0.2, 0) is 6.42 Å². The van der Waals surface area contributed by atoms with Crippen molar-refractivity contribution in [3.8, 4) is 5.75 Å². The highest BCUT2D eigenvalue weighted by atomic mass is 16.5. The molecule has 2 rings (SSSR count). The molecule has 2 heteroatoms. The lowest BCUT2D eigenvalue weighted by Crippen LogP contribution is -2.34. The van der Waals surface area contributed by atoms with E-state index < -0.39 is 6.10 Å². The highest BCUT2D eigenvalue weighted by Gasteiger charge is 2.32. The fourth-order valence-corrected chi connectivity index (χ4v) is 2.08. The van der Waals surface area contributed by atoms with Crippen molar-refractivity contribution in [2.24, 2.45) is 0 Å². The molecule has 1 N–H and O–H groups in total. The molecule has 15 heavy (non-hydrogen) atoms. The molecule has 1 aliphatic rings.